The average Bonchev–Trinajstić information content (AvgIpc) is 3.15. The molecular weight excluding hydrogens is 477 g/mol. The van der Waals surface area contributed by atoms with Crippen molar-refractivity contribution in [3.63, 3.8) is 0 Å². The van der Waals surface area contributed by atoms with E-state index in [-0.39, 0.29) is 66.1 Å². The van der Waals surface area contributed by atoms with Crippen LogP contribution in [0.3, 0.4) is 0 Å². The minimum absolute atomic E-state index is 0.0256. The van der Waals surface area contributed by atoms with Crippen LogP contribution in [-0.2, 0) is 16.8 Å². The Morgan fingerprint density at radius 2 is 1.76 bits per heavy atom. The predicted octanol–water partition coefficient (Wildman–Crippen LogP) is 5.30. The normalized spacial score (nSPS) is 12.9. The molecule has 0 saturated heterocycles. The molecular formula is C28H36FN3O5. The number of fused-ring (bicyclic) bond motifs is 1. The zero-order chi connectivity index (χ0) is 27.5. The van der Waals surface area contributed by atoms with Gasteiger partial charge in [-0.2, -0.15) is 0 Å². The Kier molecular flexibility index (Phi) is 8.46. The number of amides is 1. The number of methoxy groups -OCH3 is 1. The summed E-state index contributed by atoms with van der Waals surface area (Å²) in [6.45, 7) is 11.9. The molecule has 0 saturated carbocycles. The van der Waals surface area contributed by atoms with Crippen molar-refractivity contribution in [1.29, 1.82) is 5.41 Å². The smallest absolute Gasteiger partial charge is 0.224 e. The van der Waals surface area contributed by atoms with Crippen LogP contribution in [0.1, 0.15) is 75.0 Å². The maximum atomic E-state index is 15.4. The van der Waals surface area contributed by atoms with Crippen molar-refractivity contribution in [2.75, 3.05) is 32.2 Å². The molecule has 8 nitrogen and oxygen atoms in total. The lowest BCUT2D eigenvalue weighted by Crippen LogP contribution is -2.31. The Bertz CT molecular complexity index is 1220. The summed E-state index contributed by atoms with van der Waals surface area (Å²) in [5, 5.41) is 11.4. The van der Waals surface area contributed by atoms with Crippen molar-refractivity contribution < 1.29 is 28.2 Å². The second-order valence-electron chi connectivity index (χ2n) is 9.80. The van der Waals surface area contributed by atoms with E-state index < -0.39 is 5.82 Å². The molecule has 1 aliphatic rings. The van der Waals surface area contributed by atoms with E-state index >= 15 is 4.39 Å². The monoisotopic (exact) mass is 513 g/mol. The molecule has 2 aromatic rings. The number of carbonyl (C=O) groups is 2. The highest BCUT2D eigenvalue weighted by molar-refractivity contribution is 6.06. The minimum atomic E-state index is -0.660. The van der Waals surface area contributed by atoms with Crippen LogP contribution in [-0.4, -0.2) is 49.3 Å². The molecule has 0 bridgehead atoms. The lowest BCUT2D eigenvalue weighted by Gasteiger charge is -2.25. The van der Waals surface area contributed by atoms with Gasteiger partial charge in [-0.1, -0.05) is 27.7 Å². The SMILES string of the molecule is CCOc1cc2c(c(F)c1OCC)C(=N)N(CC(=O)c1cc(NC(=O)CC)c(OC)c(C(C)(C)C)c1)C2. The van der Waals surface area contributed by atoms with Gasteiger partial charge >= 0.3 is 0 Å². The molecule has 1 aliphatic heterocycles. The van der Waals surface area contributed by atoms with Crippen molar-refractivity contribution in [1.82, 2.24) is 4.90 Å². The number of carbonyl (C=O) groups excluding carboxylic acids is 2. The molecule has 9 heteroatoms. The van der Waals surface area contributed by atoms with Gasteiger partial charge in [-0.3, -0.25) is 15.0 Å². The highest BCUT2D eigenvalue weighted by Gasteiger charge is 2.33. The number of ether oxygens (including phenoxy) is 3. The van der Waals surface area contributed by atoms with E-state index in [1.54, 1.807) is 39.0 Å². The van der Waals surface area contributed by atoms with Gasteiger partial charge < -0.3 is 24.4 Å². The van der Waals surface area contributed by atoms with Gasteiger partial charge in [0.1, 0.15) is 11.6 Å². The van der Waals surface area contributed by atoms with E-state index in [1.807, 2.05) is 20.8 Å². The lowest BCUT2D eigenvalue weighted by atomic mass is 9.84. The van der Waals surface area contributed by atoms with Crippen LogP contribution in [0.5, 0.6) is 17.2 Å². The van der Waals surface area contributed by atoms with Crippen LogP contribution in [0.4, 0.5) is 10.1 Å². The van der Waals surface area contributed by atoms with Gasteiger partial charge in [0.2, 0.25) is 5.91 Å². The Hall–Kier alpha value is -3.62. The number of Topliss-reactive ketones (excluding diaryl/α,β-unsaturated/α-hetero) is 1. The third-order valence-corrected chi connectivity index (χ3v) is 6.12. The number of amidine groups is 1. The van der Waals surface area contributed by atoms with E-state index in [0.29, 0.717) is 29.2 Å². The van der Waals surface area contributed by atoms with Crippen LogP contribution in [0.15, 0.2) is 18.2 Å². The quantitative estimate of drug-likeness (QED) is 0.418. The first kappa shape index (κ1) is 28.0. The van der Waals surface area contributed by atoms with Crippen molar-refractivity contribution in [2.24, 2.45) is 0 Å². The van der Waals surface area contributed by atoms with Crippen LogP contribution in [0.25, 0.3) is 0 Å². The van der Waals surface area contributed by atoms with E-state index in [1.165, 1.54) is 12.0 Å². The number of benzene rings is 2. The number of nitrogens with zero attached hydrogens (tertiary/aromatic N) is 1. The Labute approximate surface area is 217 Å². The maximum Gasteiger partial charge on any atom is 0.224 e. The Morgan fingerprint density at radius 1 is 1.08 bits per heavy atom. The first-order valence-corrected chi connectivity index (χ1v) is 12.5. The zero-order valence-electron chi connectivity index (χ0n) is 22.6. The number of rotatable bonds is 10. The van der Waals surface area contributed by atoms with Crippen LogP contribution in [0, 0.1) is 11.2 Å². The molecule has 2 aromatic carbocycles. The van der Waals surface area contributed by atoms with Gasteiger partial charge in [0, 0.05) is 24.1 Å². The summed E-state index contributed by atoms with van der Waals surface area (Å²) < 4.78 is 32.1. The highest BCUT2D eigenvalue weighted by atomic mass is 19.1. The topological polar surface area (TPSA) is 101 Å². The summed E-state index contributed by atoms with van der Waals surface area (Å²) in [5.41, 5.74) is 1.84. The van der Waals surface area contributed by atoms with Crippen molar-refractivity contribution in [3.05, 3.63) is 46.3 Å². The van der Waals surface area contributed by atoms with Gasteiger partial charge in [-0.05, 0) is 43.0 Å². The lowest BCUT2D eigenvalue weighted by molar-refractivity contribution is -0.115. The molecule has 0 fully saturated rings. The molecule has 2 N–H and O–H groups in total. The summed E-state index contributed by atoms with van der Waals surface area (Å²) in [6, 6.07) is 5.03. The molecule has 0 spiro atoms. The molecule has 1 heterocycles. The predicted molar refractivity (Wildman–Crippen MR) is 141 cm³/mol. The van der Waals surface area contributed by atoms with E-state index in [2.05, 4.69) is 5.32 Å². The zero-order valence-corrected chi connectivity index (χ0v) is 22.6. The largest absolute Gasteiger partial charge is 0.494 e. The molecule has 1 amide bonds. The van der Waals surface area contributed by atoms with E-state index in [9.17, 15) is 9.59 Å². The van der Waals surface area contributed by atoms with Crippen LogP contribution < -0.4 is 19.5 Å². The molecule has 3 rings (SSSR count). The fourth-order valence-corrected chi connectivity index (χ4v) is 4.32. The fourth-order valence-electron chi connectivity index (χ4n) is 4.32. The van der Waals surface area contributed by atoms with Crippen molar-refractivity contribution in [2.45, 2.75) is 59.9 Å². The standard InChI is InChI=1S/C28H36FN3O5/c1-8-22(34)31-19-12-16(11-18(25(19)35-7)28(4,5)6)20(33)15-32-14-17-13-21(36-9-2)26(37-10-3)24(29)23(17)27(32)30/h11-13,30H,8-10,14-15H2,1-7H3,(H,31,34). The van der Waals surface area contributed by atoms with E-state index in [4.69, 9.17) is 19.6 Å². The minimum Gasteiger partial charge on any atom is -0.494 e. The molecule has 0 atom stereocenters. The first-order valence-electron chi connectivity index (χ1n) is 12.5. The number of nitrogens with one attached hydrogen (secondary N) is 2. The van der Waals surface area contributed by atoms with Gasteiger partial charge in [0.15, 0.2) is 23.1 Å². The van der Waals surface area contributed by atoms with E-state index in [0.717, 1.165) is 5.56 Å². The van der Waals surface area contributed by atoms with Crippen LogP contribution >= 0.6 is 0 Å². The molecule has 200 valence electrons. The molecule has 0 aliphatic carbocycles. The average molecular weight is 514 g/mol. The van der Waals surface area contributed by atoms with Gasteiger partial charge in [0.05, 0.1) is 38.1 Å². The second kappa shape index (κ2) is 11.2. The molecule has 0 unspecified atom stereocenters. The maximum absolute atomic E-state index is 15.4. The highest BCUT2D eigenvalue weighted by Crippen LogP contribution is 2.40. The number of ketones is 1. The third kappa shape index (κ3) is 5.70. The summed E-state index contributed by atoms with van der Waals surface area (Å²) in [7, 11) is 1.53. The molecule has 0 radical (unpaired) electrons. The summed E-state index contributed by atoms with van der Waals surface area (Å²) in [5.74, 6) is -0.467. The van der Waals surface area contributed by atoms with Gasteiger partial charge in [0.25, 0.3) is 0 Å². The number of anilines is 1. The number of hydrogen-bond acceptors (Lipinski definition) is 6. The number of hydrogen-bond donors (Lipinski definition) is 2. The fraction of sp³-hybridized carbons (Fsp3) is 0.464. The summed E-state index contributed by atoms with van der Waals surface area (Å²) in [4.78, 5) is 27.2. The Morgan fingerprint density at radius 3 is 2.32 bits per heavy atom. The first-order chi connectivity index (χ1) is 17.5. The summed E-state index contributed by atoms with van der Waals surface area (Å²) in [6.07, 6.45) is 0.272. The second-order valence-corrected chi connectivity index (χ2v) is 9.80. The third-order valence-electron chi connectivity index (χ3n) is 6.12. The Balaban J connectivity index is 1.97. The van der Waals surface area contributed by atoms with Crippen LogP contribution in [0.2, 0.25) is 0 Å². The van der Waals surface area contributed by atoms with Gasteiger partial charge in [-0.15, -0.1) is 0 Å². The number of halogens is 1. The molecule has 0 aromatic heterocycles. The summed E-state index contributed by atoms with van der Waals surface area (Å²) >= 11 is 0. The van der Waals surface area contributed by atoms with Gasteiger partial charge in [-0.25, -0.2) is 4.39 Å². The van der Waals surface area contributed by atoms with Crippen molar-refractivity contribution >= 4 is 23.2 Å². The van der Waals surface area contributed by atoms with Crippen molar-refractivity contribution in [3.8, 4) is 17.2 Å². The molecule has 37 heavy (non-hydrogen) atoms.